The van der Waals surface area contributed by atoms with Gasteiger partial charge >= 0.3 is 6.09 Å². The number of amides is 2. The molecule has 7 nitrogen and oxygen atoms in total. The second-order valence-electron chi connectivity index (χ2n) is 7.40. The normalized spacial score (nSPS) is 23.4. The van der Waals surface area contributed by atoms with Crippen molar-refractivity contribution in [3.8, 4) is 0 Å². The first kappa shape index (κ1) is 18.2. The Kier molecular flexibility index (Phi) is 5.27. The zero-order valence-corrected chi connectivity index (χ0v) is 15.8. The Morgan fingerprint density at radius 2 is 1.96 bits per heavy atom. The van der Waals surface area contributed by atoms with Gasteiger partial charge in [0.15, 0.2) is 5.13 Å². The van der Waals surface area contributed by atoms with Gasteiger partial charge in [-0.05, 0) is 43.0 Å². The number of carboxylic acid groups (broad SMARTS) is 1. The third kappa shape index (κ3) is 4.06. The lowest BCUT2D eigenvalue weighted by molar-refractivity contribution is -0.119. The van der Waals surface area contributed by atoms with Gasteiger partial charge in [-0.25, -0.2) is 9.78 Å². The lowest BCUT2D eigenvalue weighted by atomic mass is 9.76. The largest absolute Gasteiger partial charge is 0.465 e. The van der Waals surface area contributed by atoms with Crippen molar-refractivity contribution in [3.63, 3.8) is 0 Å². The van der Waals surface area contributed by atoms with Crippen molar-refractivity contribution >= 4 is 44.4 Å². The molecule has 1 saturated carbocycles. The Hall–Kier alpha value is -2.19. The Morgan fingerprint density at radius 3 is 2.74 bits per heavy atom. The molecule has 2 aliphatic rings. The smallest absolute Gasteiger partial charge is 0.410 e. The third-order valence-electron chi connectivity index (χ3n) is 5.68. The zero-order chi connectivity index (χ0) is 18.8. The molecule has 2 amide bonds. The number of aromatic nitrogens is 1. The average Bonchev–Trinajstić information content (AvgIpc) is 3.28. The standard InChI is InChI=1S/C19H24N4O3S/c24-17(16-13(8-9-20-16)11-4-2-1-3-5-11)21-12-6-7-14-15(10-12)27-18(22-14)23-19(25)26/h6-7,10-11,13,16,20H,1-5,8-9H2,(H,21,24)(H,22,23)(H,25,26)/t13-,16-/m0/s1. The van der Waals surface area contributed by atoms with Crippen LogP contribution in [0.2, 0.25) is 0 Å². The summed E-state index contributed by atoms with van der Waals surface area (Å²) < 4.78 is 0.833. The first-order valence-corrected chi connectivity index (χ1v) is 10.4. The minimum atomic E-state index is -1.14. The number of benzene rings is 1. The van der Waals surface area contributed by atoms with E-state index in [1.807, 2.05) is 12.1 Å². The van der Waals surface area contributed by atoms with E-state index in [-0.39, 0.29) is 11.9 Å². The van der Waals surface area contributed by atoms with E-state index in [9.17, 15) is 9.59 Å². The van der Waals surface area contributed by atoms with Crippen LogP contribution in [0, 0.1) is 11.8 Å². The molecule has 4 N–H and O–H groups in total. The average molecular weight is 388 g/mol. The van der Waals surface area contributed by atoms with Crippen molar-refractivity contribution in [2.24, 2.45) is 11.8 Å². The van der Waals surface area contributed by atoms with Crippen molar-refractivity contribution in [2.45, 2.75) is 44.6 Å². The summed E-state index contributed by atoms with van der Waals surface area (Å²) in [6.45, 7) is 0.900. The molecule has 1 aliphatic heterocycles. The predicted molar refractivity (Wildman–Crippen MR) is 106 cm³/mol. The molecule has 2 heterocycles. The predicted octanol–water partition coefficient (Wildman–Crippen LogP) is 3.88. The van der Waals surface area contributed by atoms with Gasteiger partial charge in [0.2, 0.25) is 5.91 Å². The van der Waals surface area contributed by atoms with E-state index in [1.165, 1.54) is 43.4 Å². The second-order valence-corrected chi connectivity index (χ2v) is 8.43. The number of rotatable bonds is 4. The summed E-state index contributed by atoms with van der Waals surface area (Å²) in [5, 5.41) is 17.8. The number of thiazole rings is 1. The molecule has 27 heavy (non-hydrogen) atoms. The summed E-state index contributed by atoms with van der Waals surface area (Å²) in [7, 11) is 0. The molecule has 1 aromatic heterocycles. The van der Waals surface area contributed by atoms with E-state index in [2.05, 4.69) is 20.9 Å². The highest BCUT2D eigenvalue weighted by atomic mass is 32.1. The van der Waals surface area contributed by atoms with Gasteiger partial charge in [0.05, 0.1) is 16.3 Å². The van der Waals surface area contributed by atoms with Crippen molar-refractivity contribution in [1.29, 1.82) is 0 Å². The maximum atomic E-state index is 12.9. The number of nitrogens with one attached hydrogen (secondary N) is 3. The molecule has 0 unspecified atom stereocenters. The van der Waals surface area contributed by atoms with Gasteiger partial charge in [0, 0.05) is 5.69 Å². The van der Waals surface area contributed by atoms with Crippen molar-refractivity contribution in [1.82, 2.24) is 10.3 Å². The molecule has 8 heteroatoms. The molecule has 2 aromatic rings. The molecule has 4 rings (SSSR count). The van der Waals surface area contributed by atoms with Crippen LogP contribution in [0.4, 0.5) is 15.6 Å². The van der Waals surface area contributed by atoms with E-state index in [0.29, 0.717) is 28.2 Å². The second kappa shape index (κ2) is 7.82. The minimum Gasteiger partial charge on any atom is -0.465 e. The van der Waals surface area contributed by atoms with E-state index in [1.54, 1.807) is 6.07 Å². The van der Waals surface area contributed by atoms with Crippen LogP contribution >= 0.6 is 11.3 Å². The number of anilines is 2. The maximum absolute atomic E-state index is 12.9. The third-order valence-corrected chi connectivity index (χ3v) is 6.61. The first-order chi connectivity index (χ1) is 13.1. The maximum Gasteiger partial charge on any atom is 0.410 e. The summed E-state index contributed by atoms with van der Waals surface area (Å²) in [6.07, 6.45) is 6.30. The highest BCUT2D eigenvalue weighted by Gasteiger charge is 2.38. The Morgan fingerprint density at radius 1 is 1.15 bits per heavy atom. The fourth-order valence-corrected chi connectivity index (χ4v) is 5.34. The molecular weight excluding hydrogens is 364 g/mol. The van der Waals surface area contributed by atoms with Gasteiger partial charge < -0.3 is 15.7 Å². The fourth-order valence-electron chi connectivity index (χ4n) is 4.45. The number of fused-ring (bicyclic) bond motifs is 1. The van der Waals surface area contributed by atoms with Crippen molar-refractivity contribution < 1.29 is 14.7 Å². The lowest BCUT2D eigenvalue weighted by Crippen LogP contribution is -2.42. The Labute approximate surface area is 161 Å². The van der Waals surface area contributed by atoms with Crippen LogP contribution in [0.3, 0.4) is 0 Å². The fraction of sp³-hybridized carbons (Fsp3) is 0.526. The zero-order valence-electron chi connectivity index (χ0n) is 15.0. The van der Waals surface area contributed by atoms with Gasteiger partial charge in [0.25, 0.3) is 0 Å². The monoisotopic (exact) mass is 388 g/mol. The van der Waals surface area contributed by atoms with Gasteiger partial charge in [-0.1, -0.05) is 43.4 Å². The molecule has 144 valence electrons. The molecule has 1 aromatic carbocycles. The molecule has 0 bridgehead atoms. The van der Waals surface area contributed by atoms with Gasteiger partial charge in [-0.3, -0.25) is 10.1 Å². The Balaban J connectivity index is 1.45. The van der Waals surface area contributed by atoms with Crippen LogP contribution in [0.25, 0.3) is 10.2 Å². The van der Waals surface area contributed by atoms with Gasteiger partial charge in [-0.15, -0.1) is 0 Å². The number of carbonyl (C=O) groups is 2. The topological polar surface area (TPSA) is 103 Å². The Bertz CT molecular complexity index is 847. The first-order valence-electron chi connectivity index (χ1n) is 9.55. The molecule has 0 spiro atoms. The minimum absolute atomic E-state index is 0.0239. The molecular formula is C19H24N4O3S. The summed E-state index contributed by atoms with van der Waals surface area (Å²) in [5.41, 5.74) is 1.43. The summed E-state index contributed by atoms with van der Waals surface area (Å²) in [5.74, 6) is 1.10. The number of hydrogen-bond acceptors (Lipinski definition) is 5. The van der Waals surface area contributed by atoms with Crippen LogP contribution in [0.15, 0.2) is 18.2 Å². The number of carbonyl (C=O) groups excluding carboxylic acids is 1. The van der Waals surface area contributed by atoms with Crippen molar-refractivity contribution in [2.75, 3.05) is 17.2 Å². The van der Waals surface area contributed by atoms with E-state index < -0.39 is 6.09 Å². The number of nitrogens with zero attached hydrogens (tertiary/aromatic N) is 1. The molecule has 0 radical (unpaired) electrons. The van der Waals surface area contributed by atoms with Crippen LogP contribution in [-0.4, -0.2) is 34.7 Å². The van der Waals surface area contributed by atoms with Gasteiger partial charge in [-0.2, -0.15) is 0 Å². The summed E-state index contributed by atoms with van der Waals surface area (Å²) >= 11 is 1.25. The quantitative estimate of drug-likeness (QED) is 0.636. The van der Waals surface area contributed by atoms with E-state index in [0.717, 1.165) is 17.7 Å². The van der Waals surface area contributed by atoms with E-state index in [4.69, 9.17) is 5.11 Å². The van der Waals surface area contributed by atoms with Crippen molar-refractivity contribution in [3.05, 3.63) is 18.2 Å². The summed E-state index contributed by atoms with van der Waals surface area (Å²) in [6, 6.07) is 5.33. The molecule has 1 aliphatic carbocycles. The number of hydrogen-bond donors (Lipinski definition) is 4. The summed E-state index contributed by atoms with van der Waals surface area (Å²) in [4.78, 5) is 27.9. The van der Waals surface area contributed by atoms with Gasteiger partial charge in [0.1, 0.15) is 0 Å². The van der Waals surface area contributed by atoms with Crippen LogP contribution in [0.5, 0.6) is 0 Å². The molecule has 1 saturated heterocycles. The molecule has 2 atom stereocenters. The SMILES string of the molecule is O=C(O)Nc1nc2ccc(NC(=O)[C@H]3NCC[C@H]3C3CCCCC3)cc2s1. The molecule has 2 fully saturated rings. The highest BCUT2D eigenvalue weighted by molar-refractivity contribution is 7.22. The van der Waals surface area contributed by atoms with E-state index >= 15 is 0 Å². The van der Waals surface area contributed by atoms with Crippen LogP contribution < -0.4 is 16.0 Å². The lowest BCUT2D eigenvalue weighted by Gasteiger charge is -2.30. The van der Waals surface area contributed by atoms with Crippen LogP contribution in [-0.2, 0) is 4.79 Å². The van der Waals surface area contributed by atoms with Crippen LogP contribution in [0.1, 0.15) is 38.5 Å². The highest BCUT2D eigenvalue weighted by Crippen LogP contribution is 2.36.